The molecular weight excluding hydrogens is 745 g/mol. The number of nitrogens with zero attached hydrogens (tertiary/aromatic N) is 4. The van der Waals surface area contributed by atoms with Crippen molar-refractivity contribution in [2.75, 3.05) is 49.0 Å². The van der Waals surface area contributed by atoms with Gasteiger partial charge in [-0.25, -0.2) is 4.98 Å². The van der Waals surface area contributed by atoms with Crippen LogP contribution in [0.3, 0.4) is 0 Å². The van der Waals surface area contributed by atoms with Crippen molar-refractivity contribution in [2.24, 2.45) is 0 Å². The summed E-state index contributed by atoms with van der Waals surface area (Å²) < 4.78 is 11.3. The van der Waals surface area contributed by atoms with Crippen LogP contribution in [0.15, 0.2) is 60.8 Å². The maximum Gasteiger partial charge on any atom is 0.266 e. The minimum atomic E-state index is -0.955. The number of hydrogen-bond acceptors (Lipinski definition) is 11. The van der Waals surface area contributed by atoms with E-state index < -0.39 is 29.7 Å². The fraction of sp³-hybridized carbons (Fsp3) is 0.405. The van der Waals surface area contributed by atoms with Crippen molar-refractivity contribution in [1.82, 2.24) is 25.8 Å². The van der Waals surface area contributed by atoms with Gasteiger partial charge in [-0.05, 0) is 87.9 Å². The number of carbonyl (C=O) groups is 6. The van der Waals surface area contributed by atoms with Crippen molar-refractivity contribution in [2.45, 2.75) is 76.4 Å². The molecule has 0 radical (unpaired) electrons. The van der Waals surface area contributed by atoms with E-state index in [0.717, 1.165) is 42.1 Å². The maximum absolute atomic E-state index is 13.3. The SMILES string of the molecule is C=C1CCC(N2C(=O)c3cccc(OCC(=O)NCCCCNC(=O)c4ccc(Nc5ccc6c(n5)N(C5CCCC5)[C@H](C)C(=O)N6C)c(OC)c4)c3C2=O)C(=O)N1. The van der Waals surface area contributed by atoms with Crippen molar-refractivity contribution >= 4 is 58.5 Å². The molecule has 0 spiro atoms. The Kier molecular flexibility index (Phi) is 11.6. The molecule has 4 N–H and O–H groups in total. The summed E-state index contributed by atoms with van der Waals surface area (Å²) in [7, 11) is 3.31. The van der Waals surface area contributed by atoms with Crippen LogP contribution in [0.2, 0.25) is 0 Å². The monoisotopic (exact) mass is 792 g/mol. The summed E-state index contributed by atoms with van der Waals surface area (Å²) in [6.45, 7) is 5.99. The number of rotatable bonds is 14. The van der Waals surface area contributed by atoms with E-state index >= 15 is 0 Å². The number of anilines is 4. The molecule has 6 amide bonds. The number of benzene rings is 2. The second-order valence-corrected chi connectivity index (χ2v) is 14.9. The summed E-state index contributed by atoms with van der Waals surface area (Å²) in [6.07, 6.45) is 6.20. The Hall–Kier alpha value is -6.45. The van der Waals surface area contributed by atoms with Gasteiger partial charge < -0.3 is 40.5 Å². The Morgan fingerprint density at radius 2 is 1.71 bits per heavy atom. The first kappa shape index (κ1) is 39.8. The van der Waals surface area contributed by atoms with Crippen molar-refractivity contribution in [3.63, 3.8) is 0 Å². The number of pyridine rings is 1. The Bertz CT molecular complexity index is 2170. The van der Waals surface area contributed by atoms with Crippen LogP contribution >= 0.6 is 0 Å². The molecule has 4 aliphatic rings. The molecule has 304 valence electrons. The van der Waals surface area contributed by atoms with Crippen LogP contribution in [-0.4, -0.2) is 97.3 Å². The summed E-state index contributed by atoms with van der Waals surface area (Å²) >= 11 is 0. The number of fused-ring (bicyclic) bond motifs is 2. The second-order valence-electron chi connectivity index (χ2n) is 14.9. The normalized spacial score (nSPS) is 19.2. The van der Waals surface area contributed by atoms with Crippen molar-refractivity contribution in [3.8, 4) is 11.5 Å². The van der Waals surface area contributed by atoms with E-state index in [2.05, 4.69) is 32.7 Å². The van der Waals surface area contributed by atoms with Crippen LogP contribution in [0.4, 0.5) is 23.0 Å². The fourth-order valence-corrected chi connectivity index (χ4v) is 8.07. The third kappa shape index (κ3) is 7.91. The number of hydrogen-bond donors (Lipinski definition) is 4. The highest BCUT2D eigenvalue weighted by Gasteiger charge is 2.45. The number of allylic oxidation sites excluding steroid dienone is 1. The fourth-order valence-electron chi connectivity index (χ4n) is 8.07. The third-order valence-corrected chi connectivity index (χ3v) is 11.1. The highest BCUT2D eigenvalue weighted by atomic mass is 16.5. The van der Waals surface area contributed by atoms with Gasteiger partial charge in [-0.1, -0.05) is 25.5 Å². The zero-order valence-corrected chi connectivity index (χ0v) is 32.9. The summed E-state index contributed by atoms with van der Waals surface area (Å²) in [5, 5.41) is 11.6. The number of methoxy groups -OCH3 is 1. The van der Waals surface area contributed by atoms with Gasteiger partial charge in [0.1, 0.15) is 29.4 Å². The van der Waals surface area contributed by atoms with Crippen LogP contribution in [0.5, 0.6) is 11.5 Å². The summed E-state index contributed by atoms with van der Waals surface area (Å²) in [4.78, 5) is 87.3. The molecule has 4 heterocycles. The number of carbonyl (C=O) groups excluding carboxylic acids is 6. The highest BCUT2D eigenvalue weighted by molar-refractivity contribution is 6.24. The molecule has 2 atom stereocenters. The molecule has 58 heavy (non-hydrogen) atoms. The predicted molar refractivity (Wildman–Crippen MR) is 215 cm³/mol. The van der Waals surface area contributed by atoms with Crippen LogP contribution in [-0.2, 0) is 14.4 Å². The van der Waals surface area contributed by atoms with Crippen molar-refractivity contribution < 1.29 is 38.2 Å². The quantitative estimate of drug-likeness (QED) is 0.136. The van der Waals surface area contributed by atoms with Crippen LogP contribution in [0.1, 0.15) is 89.4 Å². The molecule has 1 aliphatic carbocycles. The molecule has 2 aromatic carbocycles. The predicted octanol–water partition coefficient (Wildman–Crippen LogP) is 4.04. The summed E-state index contributed by atoms with van der Waals surface area (Å²) in [6, 6.07) is 12.4. The van der Waals surface area contributed by atoms with Gasteiger partial charge in [0.15, 0.2) is 12.4 Å². The summed E-state index contributed by atoms with van der Waals surface area (Å²) in [5.41, 5.74) is 2.49. The first-order valence-electron chi connectivity index (χ1n) is 19.7. The van der Waals surface area contributed by atoms with Gasteiger partial charge in [0, 0.05) is 37.4 Å². The van der Waals surface area contributed by atoms with E-state index in [0.29, 0.717) is 60.9 Å². The Morgan fingerprint density at radius 3 is 2.45 bits per heavy atom. The van der Waals surface area contributed by atoms with Gasteiger partial charge in [0.2, 0.25) is 11.8 Å². The van der Waals surface area contributed by atoms with E-state index in [1.807, 2.05) is 19.1 Å². The van der Waals surface area contributed by atoms with Crippen LogP contribution in [0.25, 0.3) is 0 Å². The van der Waals surface area contributed by atoms with Crippen molar-refractivity contribution in [1.29, 1.82) is 0 Å². The average molecular weight is 793 g/mol. The zero-order valence-electron chi connectivity index (χ0n) is 32.9. The van der Waals surface area contributed by atoms with E-state index in [-0.39, 0.29) is 53.8 Å². The lowest BCUT2D eigenvalue weighted by Gasteiger charge is -2.42. The molecule has 16 heteroatoms. The lowest BCUT2D eigenvalue weighted by molar-refractivity contribution is -0.125. The number of ether oxygens (including phenoxy) is 2. The van der Waals surface area contributed by atoms with Crippen LogP contribution < -0.4 is 40.5 Å². The number of likely N-dealkylation sites (N-methyl/N-ethyl adjacent to an activating group) is 1. The molecule has 3 aromatic rings. The van der Waals surface area contributed by atoms with Gasteiger partial charge in [-0.3, -0.25) is 33.7 Å². The average Bonchev–Trinajstić information content (AvgIpc) is 3.84. The number of amides is 6. The number of piperidine rings is 1. The van der Waals surface area contributed by atoms with Gasteiger partial charge in [-0.15, -0.1) is 0 Å². The number of unbranched alkanes of at least 4 members (excludes halogenated alkanes) is 1. The first-order valence-corrected chi connectivity index (χ1v) is 19.7. The molecule has 2 fully saturated rings. The molecule has 16 nitrogen and oxygen atoms in total. The zero-order chi connectivity index (χ0) is 41.1. The first-order chi connectivity index (χ1) is 28.0. The standard InChI is InChI=1S/C42H48N8O8/c1-24-14-17-31(39(53)45-24)50-41(55)28-12-9-13-32(36(28)42(50)56)58-23-35(51)43-20-7-8-21-44-38(52)26-15-16-29(33(22-26)57-4)46-34-19-18-30-37(47-34)49(27-10-5-6-11-27)25(2)40(54)48(30)3/h9,12-13,15-16,18-19,22,25,27,31H,1,5-8,10-11,14,17,20-21,23H2,2-4H3,(H,43,51)(H,44,52)(H,45,53)(H,46,47)/t25-,31?/m1/s1. The lowest BCUT2D eigenvalue weighted by atomic mass is 10.0. The molecular formula is C42H48N8O8. The van der Waals surface area contributed by atoms with E-state index in [1.165, 1.54) is 19.2 Å². The topological polar surface area (TPSA) is 192 Å². The number of aromatic nitrogens is 1. The Balaban J connectivity index is 0.865. The summed E-state index contributed by atoms with van der Waals surface area (Å²) in [5.74, 6) is -0.445. The molecule has 1 unspecified atom stereocenters. The van der Waals surface area contributed by atoms with E-state index in [4.69, 9.17) is 14.5 Å². The van der Waals surface area contributed by atoms with Gasteiger partial charge in [-0.2, -0.15) is 0 Å². The Labute approximate surface area is 336 Å². The molecule has 7 rings (SSSR count). The minimum absolute atomic E-state index is 0.0246. The van der Waals surface area contributed by atoms with E-state index in [9.17, 15) is 28.8 Å². The van der Waals surface area contributed by atoms with Gasteiger partial charge >= 0.3 is 0 Å². The van der Waals surface area contributed by atoms with Gasteiger partial charge in [0.05, 0.1) is 29.6 Å². The third-order valence-electron chi connectivity index (χ3n) is 11.1. The number of nitrogens with one attached hydrogen (secondary N) is 4. The molecule has 1 saturated heterocycles. The minimum Gasteiger partial charge on any atom is -0.495 e. The van der Waals surface area contributed by atoms with E-state index in [1.54, 1.807) is 36.2 Å². The highest BCUT2D eigenvalue weighted by Crippen LogP contribution is 2.40. The molecule has 1 aromatic heterocycles. The molecule has 3 aliphatic heterocycles. The van der Waals surface area contributed by atoms with Crippen LogP contribution in [0, 0.1) is 0 Å². The second kappa shape index (κ2) is 17.0. The van der Waals surface area contributed by atoms with Gasteiger partial charge in [0.25, 0.3) is 23.6 Å². The lowest BCUT2D eigenvalue weighted by Crippen LogP contribution is -2.54. The molecule has 1 saturated carbocycles. The largest absolute Gasteiger partial charge is 0.495 e. The Morgan fingerprint density at radius 1 is 0.948 bits per heavy atom. The maximum atomic E-state index is 13.3. The molecule has 0 bridgehead atoms. The smallest absolute Gasteiger partial charge is 0.266 e. The van der Waals surface area contributed by atoms with Crippen molar-refractivity contribution in [3.05, 3.63) is 77.5 Å². The number of imide groups is 1.